The predicted molar refractivity (Wildman–Crippen MR) is 102 cm³/mol. The van der Waals surface area contributed by atoms with E-state index in [1.54, 1.807) is 41.3 Å². The summed E-state index contributed by atoms with van der Waals surface area (Å²) in [6, 6.07) is 17.6. The van der Waals surface area contributed by atoms with Gasteiger partial charge in [-0.25, -0.2) is 0 Å². The fraction of sp³-hybridized carbons (Fsp3) is 0.273. The number of nitriles is 1. The van der Waals surface area contributed by atoms with Crippen molar-refractivity contribution >= 4 is 11.5 Å². The molecule has 2 aromatic rings. The Morgan fingerprint density at radius 1 is 1.15 bits per heavy atom. The molecule has 27 heavy (non-hydrogen) atoms. The van der Waals surface area contributed by atoms with Crippen LogP contribution in [0.1, 0.15) is 36.5 Å². The van der Waals surface area contributed by atoms with Crippen molar-refractivity contribution in [2.75, 3.05) is 0 Å². The number of rotatable bonds is 6. The highest BCUT2D eigenvalue weighted by Gasteiger charge is 2.40. The van der Waals surface area contributed by atoms with E-state index in [4.69, 9.17) is 5.26 Å². The largest absolute Gasteiger partial charge is 0.509 e. The number of carbonyl (C=O) groups is 1. The average molecular weight is 362 g/mol. The Balaban J connectivity index is 1.93. The quantitative estimate of drug-likeness (QED) is 0.825. The molecule has 1 aliphatic heterocycles. The Bertz CT molecular complexity index is 882. The molecule has 1 aliphatic rings. The van der Waals surface area contributed by atoms with Crippen LogP contribution in [-0.2, 0) is 11.3 Å². The maximum absolute atomic E-state index is 13.1. The van der Waals surface area contributed by atoms with Crippen LogP contribution in [-0.4, -0.2) is 33.2 Å². The minimum Gasteiger partial charge on any atom is -0.509 e. The van der Waals surface area contributed by atoms with Gasteiger partial charge in [0, 0.05) is 13.0 Å². The summed E-state index contributed by atoms with van der Waals surface area (Å²) in [4.78, 5) is 14.7. The molecule has 0 spiro atoms. The van der Waals surface area contributed by atoms with E-state index in [0.717, 1.165) is 5.56 Å². The van der Waals surface area contributed by atoms with Crippen molar-refractivity contribution in [3.05, 3.63) is 77.0 Å². The molecule has 3 rings (SSSR count). The SMILES string of the molecule is CCC(O)CC1C(O)=C(c2ccccc2)C(=O)N1Cc1ccc(C#N)cc1. The molecule has 2 atom stereocenters. The molecular weight excluding hydrogens is 340 g/mol. The van der Waals surface area contributed by atoms with Crippen LogP contribution >= 0.6 is 0 Å². The minimum atomic E-state index is -0.608. The minimum absolute atomic E-state index is 0.00680. The monoisotopic (exact) mass is 362 g/mol. The van der Waals surface area contributed by atoms with Gasteiger partial charge >= 0.3 is 0 Å². The number of amides is 1. The molecule has 2 unspecified atom stereocenters. The highest BCUT2D eigenvalue weighted by atomic mass is 16.3. The van der Waals surface area contributed by atoms with Crippen LogP contribution in [0.15, 0.2) is 60.4 Å². The van der Waals surface area contributed by atoms with Crippen LogP contribution in [0.3, 0.4) is 0 Å². The van der Waals surface area contributed by atoms with Gasteiger partial charge in [0.1, 0.15) is 5.76 Å². The van der Waals surface area contributed by atoms with E-state index >= 15 is 0 Å². The molecule has 5 heteroatoms. The second-order valence-electron chi connectivity index (χ2n) is 6.68. The summed E-state index contributed by atoms with van der Waals surface area (Å²) >= 11 is 0. The first-order valence-corrected chi connectivity index (χ1v) is 9.01. The predicted octanol–water partition coefficient (Wildman–Crippen LogP) is 3.40. The first-order valence-electron chi connectivity index (χ1n) is 9.01. The molecule has 2 aromatic carbocycles. The van der Waals surface area contributed by atoms with Crippen molar-refractivity contribution in [3.8, 4) is 6.07 Å². The van der Waals surface area contributed by atoms with Crippen LogP contribution in [0, 0.1) is 11.3 Å². The Kier molecular flexibility index (Phi) is 5.58. The number of aliphatic hydroxyl groups is 2. The maximum Gasteiger partial charge on any atom is 0.258 e. The van der Waals surface area contributed by atoms with E-state index in [1.807, 2.05) is 25.1 Å². The van der Waals surface area contributed by atoms with Gasteiger partial charge < -0.3 is 15.1 Å². The van der Waals surface area contributed by atoms with E-state index in [2.05, 4.69) is 6.07 Å². The highest BCUT2D eigenvalue weighted by Crippen LogP contribution is 2.35. The Morgan fingerprint density at radius 3 is 2.41 bits per heavy atom. The van der Waals surface area contributed by atoms with Crippen LogP contribution in [0.2, 0.25) is 0 Å². The molecule has 138 valence electrons. The van der Waals surface area contributed by atoms with E-state index in [-0.39, 0.29) is 23.7 Å². The summed E-state index contributed by atoms with van der Waals surface area (Å²) in [7, 11) is 0. The third kappa shape index (κ3) is 3.86. The molecule has 0 aliphatic carbocycles. The van der Waals surface area contributed by atoms with Gasteiger partial charge in [-0.2, -0.15) is 5.26 Å². The first-order chi connectivity index (χ1) is 13.0. The van der Waals surface area contributed by atoms with E-state index in [0.29, 0.717) is 24.1 Å². The number of hydrogen-bond acceptors (Lipinski definition) is 4. The van der Waals surface area contributed by atoms with Crippen LogP contribution in [0.4, 0.5) is 0 Å². The summed E-state index contributed by atoms with van der Waals surface area (Å²) in [6.07, 6.45) is 0.216. The number of carbonyl (C=O) groups excluding carboxylic acids is 1. The number of nitrogens with zero attached hydrogens (tertiary/aromatic N) is 2. The molecule has 1 amide bonds. The van der Waals surface area contributed by atoms with Gasteiger partial charge in [0.15, 0.2) is 0 Å². The van der Waals surface area contributed by atoms with Gasteiger partial charge in [-0.3, -0.25) is 4.79 Å². The zero-order chi connectivity index (χ0) is 19.4. The van der Waals surface area contributed by atoms with Crippen molar-refractivity contribution in [2.45, 2.75) is 38.5 Å². The van der Waals surface area contributed by atoms with Gasteiger partial charge in [-0.05, 0) is 29.7 Å². The fourth-order valence-electron chi connectivity index (χ4n) is 3.31. The molecule has 0 saturated heterocycles. The molecule has 0 radical (unpaired) electrons. The summed E-state index contributed by atoms with van der Waals surface area (Å²) in [5.74, 6) is -0.247. The first kappa shape index (κ1) is 18.7. The molecular formula is C22H22N2O3. The average Bonchev–Trinajstić information content (AvgIpc) is 2.93. The Hall–Kier alpha value is -3.10. The third-order valence-electron chi connectivity index (χ3n) is 4.89. The van der Waals surface area contributed by atoms with Crippen molar-refractivity contribution < 1.29 is 15.0 Å². The lowest BCUT2D eigenvalue weighted by Crippen LogP contribution is -2.37. The van der Waals surface area contributed by atoms with Gasteiger partial charge in [-0.15, -0.1) is 0 Å². The van der Waals surface area contributed by atoms with Crippen LogP contribution in [0.25, 0.3) is 5.57 Å². The Labute approximate surface area is 158 Å². The molecule has 1 heterocycles. The second kappa shape index (κ2) is 8.07. The van der Waals surface area contributed by atoms with Gasteiger partial charge in [-0.1, -0.05) is 49.4 Å². The molecule has 5 nitrogen and oxygen atoms in total. The zero-order valence-corrected chi connectivity index (χ0v) is 15.2. The van der Waals surface area contributed by atoms with E-state index in [9.17, 15) is 15.0 Å². The molecule has 2 N–H and O–H groups in total. The van der Waals surface area contributed by atoms with Gasteiger partial charge in [0.25, 0.3) is 5.91 Å². The van der Waals surface area contributed by atoms with E-state index in [1.165, 1.54) is 0 Å². The van der Waals surface area contributed by atoms with Crippen LogP contribution in [0.5, 0.6) is 0 Å². The van der Waals surface area contributed by atoms with Gasteiger partial charge in [0.05, 0.1) is 29.4 Å². The lowest BCUT2D eigenvalue weighted by Gasteiger charge is -2.27. The van der Waals surface area contributed by atoms with Crippen molar-refractivity contribution in [1.82, 2.24) is 4.90 Å². The van der Waals surface area contributed by atoms with Crippen molar-refractivity contribution in [2.24, 2.45) is 0 Å². The standard InChI is InChI=1S/C22H22N2O3/c1-2-18(25)12-19-21(26)20(17-6-4-3-5-7-17)22(27)24(19)14-16-10-8-15(13-23)9-11-16/h3-11,18-19,25-26H,2,12,14H2,1H3. The highest BCUT2D eigenvalue weighted by molar-refractivity contribution is 6.22. The molecule has 0 bridgehead atoms. The van der Waals surface area contributed by atoms with Crippen molar-refractivity contribution in [3.63, 3.8) is 0 Å². The lowest BCUT2D eigenvalue weighted by molar-refractivity contribution is -0.126. The third-order valence-corrected chi connectivity index (χ3v) is 4.89. The van der Waals surface area contributed by atoms with Gasteiger partial charge in [0.2, 0.25) is 0 Å². The molecule has 0 aromatic heterocycles. The molecule has 0 fully saturated rings. The number of benzene rings is 2. The van der Waals surface area contributed by atoms with Crippen molar-refractivity contribution in [1.29, 1.82) is 5.26 Å². The Morgan fingerprint density at radius 2 is 1.81 bits per heavy atom. The normalized spacial score (nSPS) is 17.9. The number of aliphatic hydroxyl groups excluding tert-OH is 2. The summed E-state index contributed by atoms with van der Waals surface area (Å²) in [5, 5.41) is 29.9. The smallest absolute Gasteiger partial charge is 0.258 e. The summed E-state index contributed by atoms with van der Waals surface area (Å²) < 4.78 is 0. The fourth-order valence-corrected chi connectivity index (χ4v) is 3.31. The topological polar surface area (TPSA) is 84.6 Å². The van der Waals surface area contributed by atoms with Crippen LogP contribution < -0.4 is 0 Å². The number of hydrogen-bond donors (Lipinski definition) is 2. The lowest BCUT2D eigenvalue weighted by atomic mass is 10.0. The second-order valence-corrected chi connectivity index (χ2v) is 6.68. The summed E-state index contributed by atoms with van der Waals surface area (Å²) in [6.45, 7) is 2.16. The van der Waals surface area contributed by atoms with E-state index < -0.39 is 12.1 Å². The maximum atomic E-state index is 13.1. The summed E-state index contributed by atoms with van der Waals surface area (Å²) in [5.41, 5.74) is 2.37. The zero-order valence-electron chi connectivity index (χ0n) is 15.2. The molecule has 0 saturated carbocycles.